The summed E-state index contributed by atoms with van der Waals surface area (Å²) in [5.41, 5.74) is 0.799. The Morgan fingerprint density at radius 2 is 1.68 bits per heavy atom. The Bertz CT molecular complexity index is 1270. The van der Waals surface area contributed by atoms with Crippen LogP contribution in [0.1, 0.15) is 54.4 Å². The molecule has 4 rings (SSSR count). The molecule has 3 aromatic rings. The SMILES string of the molecule is CCOc1ccc(C(=O)NCC(=O)Nc2ccc(-n3nc(C(F)(F)F)cc3C3CC3)cc2)cc1OCC. The molecule has 0 bridgehead atoms. The second kappa shape index (κ2) is 10.9. The number of amides is 2. The number of benzene rings is 2. The average Bonchev–Trinajstić information content (AvgIpc) is 3.61. The van der Waals surface area contributed by atoms with E-state index in [1.54, 1.807) is 42.5 Å². The molecule has 1 aliphatic rings. The van der Waals surface area contributed by atoms with Crippen LogP contribution >= 0.6 is 0 Å². The normalized spacial score (nSPS) is 13.2. The minimum atomic E-state index is -4.52. The van der Waals surface area contributed by atoms with Crippen molar-refractivity contribution in [2.75, 3.05) is 25.1 Å². The fourth-order valence-corrected chi connectivity index (χ4v) is 3.76. The van der Waals surface area contributed by atoms with E-state index in [0.717, 1.165) is 18.9 Å². The van der Waals surface area contributed by atoms with Gasteiger partial charge in [0.05, 0.1) is 25.4 Å². The largest absolute Gasteiger partial charge is 0.490 e. The van der Waals surface area contributed by atoms with E-state index in [9.17, 15) is 22.8 Å². The first-order valence-electron chi connectivity index (χ1n) is 11.9. The predicted molar refractivity (Wildman–Crippen MR) is 130 cm³/mol. The summed E-state index contributed by atoms with van der Waals surface area (Å²) >= 11 is 0. The topological polar surface area (TPSA) is 94.5 Å². The number of aromatic nitrogens is 2. The molecule has 11 heteroatoms. The maximum atomic E-state index is 13.2. The lowest BCUT2D eigenvalue weighted by atomic mass is 10.2. The molecule has 2 N–H and O–H groups in total. The number of carbonyl (C=O) groups excluding carboxylic acids is 2. The summed E-state index contributed by atoms with van der Waals surface area (Å²) in [4.78, 5) is 24.9. The molecule has 0 radical (unpaired) electrons. The summed E-state index contributed by atoms with van der Waals surface area (Å²) in [7, 11) is 0. The Hall–Kier alpha value is -4.02. The van der Waals surface area contributed by atoms with Gasteiger partial charge in [-0.2, -0.15) is 18.3 Å². The molecular formula is C26H27F3N4O4. The molecule has 1 fully saturated rings. The molecule has 1 heterocycles. The molecule has 1 aromatic heterocycles. The first-order valence-corrected chi connectivity index (χ1v) is 11.9. The van der Waals surface area contributed by atoms with Gasteiger partial charge in [-0.15, -0.1) is 0 Å². The van der Waals surface area contributed by atoms with Gasteiger partial charge in [0.25, 0.3) is 5.91 Å². The number of carbonyl (C=O) groups is 2. The van der Waals surface area contributed by atoms with Crippen molar-refractivity contribution in [1.82, 2.24) is 15.1 Å². The Labute approximate surface area is 211 Å². The standard InChI is InChI=1S/C26H27F3N4O4/c1-3-36-21-12-7-17(13-22(21)37-4-2)25(35)30-15-24(34)31-18-8-10-19(11-9-18)33-20(16-5-6-16)14-23(32-33)26(27,28)29/h7-14,16H,3-6,15H2,1-2H3,(H,30,35)(H,31,34). The van der Waals surface area contributed by atoms with Crippen molar-refractivity contribution >= 4 is 17.5 Å². The first kappa shape index (κ1) is 26.1. The smallest absolute Gasteiger partial charge is 0.435 e. The van der Waals surface area contributed by atoms with Crippen LogP contribution in [0.5, 0.6) is 11.5 Å². The van der Waals surface area contributed by atoms with E-state index in [0.29, 0.717) is 47.3 Å². The predicted octanol–water partition coefficient (Wildman–Crippen LogP) is 4.93. The molecule has 0 saturated heterocycles. The van der Waals surface area contributed by atoms with Crippen LogP contribution in [0, 0.1) is 0 Å². The third kappa shape index (κ3) is 6.41. The van der Waals surface area contributed by atoms with Gasteiger partial charge in [0.15, 0.2) is 17.2 Å². The maximum absolute atomic E-state index is 13.2. The van der Waals surface area contributed by atoms with E-state index < -0.39 is 23.7 Å². The number of alkyl halides is 3. The summed E-state index contributed by atoms with van der Waals surface area (Å²) in [6.07, 6.45) is -2.87. The summed E-state index contributed by atoms with van der Waals surface area (Å²) in [5.74, 6) is 0.101. The van der Waals surface area contributed by atoms with Gasteiger partial charge in [-0.1, -0.05) is 0 Å². The lowest BCUT2D eigenvalue weighted by Gasteiger charge is -2.12. The summed E-state index contributed by atoms with van der Waals surface area (Å²) in [6.45, 7) is 4.23. The second-order valence-electron chi connectivity index (χ2n) is 8.44. The number of halogens is 3. The molecule has 0 spiro atoms. The van der Waals surface area contributed by atoms with Crippen LogP contribution in [-0.4, -0.2) is 41.4 Å². The first-order chi connectivity index (χ1) is 17.7. The van der Waals surface area contributed by atoms with Gasteiger partial charge >= 0.3 is 6.18 Å². The van der Waals surface area contributed by atoms with E-state index >= 15 is 0 Å². The van der Waals surface area contributed by atoms with Crippen LogP contribution in [0.15, 0.2) is 48.5 Å². The van der Waals surface area contributed by atoms with Crippen LogP contribution < -0.4 is 20.1 Å². The highest BCUT2D eigenvalue weighted by atomic mass is 19.4. The average molecular weight is 517 g/mol. The Balaban J connectivity index is 1.36. The van der Waals surface area contributed by atoms with E-state index in [-0.39, 0.29) is 12.5 Å². The number of nitrogens with zero attached hydrogens (tertiary/aromatic N) is 2. The summed E-state index contributed by atoms with van der Waals surface area (Å²) in [6, 6.07) is 12.2. The Morgan fingerprint density at radius 1 is 1.00 bits per heavy atom. The van der Waals surface area contributed by atoms with Gasteiger partial charge in [-0.25, -0.2) is 4.68 Å². The number of ether oxygens (including phenoxy) is 2. The van der Waals surface area contributed by atoms with Gasteiger partial charge < -0.3 is 20.1 Å². The molecule has 0 atom stereocenters. The molecule has 0 unspecified atom stereocenters. The molecule has 2 aromatic carbocycles. The number of nitrogens with one attached hydrogen (secondary N) is 2. The lowest BCUT2D eigenvalue weighted by Crippen LogP contribution is -2.32. The van der Waals surface area contributed by atoms with Crippen LogP contribution in [0.4, 0.5) is 18.9 Å². The van der Waals surface area contributed by atoms with Crippen molar-refractivity contribution < 1.29 is 32.2 Å². The number of hydrogen-bond acceptors (Lipinski definition) is 5. The zero-order chi connectivity index (χ0) is 26.6. The van der Waals surface area contributed by atoms with E-state index in [4.69, 9.17) is 9.47 Å². The van der Waals surface area contributed by atoms with Crippen molar-refractivity contribution in [2.45, 2.75) is 38.8 Å². The van der Waals surface area contributed by atoms with Crippen molar-refractivity contribution in [2.24, 2.45) is 0 Å². The quantitative estimate of drug-likeness (QED) is 0.398. The van der Waals surface area contributed by atoms with Crippen molar-refractivity contribution in [3.63, 3.8) is 0 Å². The van der Waals surface area contributed by atoms with Gasteiger partial charge in [-0.05, 0) is 75.2 Å². The number of rotatable bonds is 10. The number of hydrogen-bond donors (Lipinski definition) is 2. The zero-order valence-corrected chi connectivity index (χ0v) is 20.4. The maximum Gasteiger partial charge on any atom is 0.435 e. The van der Waals surface area contributed by atoms with Crippen molar-refractivity contribution in [3.8, 4) is 17.2 Å². The van der Waals surface area contributed by atoms with Crippen molar-refractivity contribution in [1.29, 1.82) is 0 Å². The minimum Gasteiger partial charge on any atom is -0.490 e. The lowest BCUT2D eigenvalue weighted by molar-refractivity contribution is -0.141. The molecule has 8 nitrogen and oxygen atoms in total. The van der Waals surface area contributed by atoms with Crippen LogP contribution in [0.3, 0.4) is 0 Å². The van der Waals surface area contributed by atoms with Crippen LogP contribution in [0.2, 0.25) is 0 Å². The van der Waals surface area contributed by atoms with E-state index in [1.165, 1.54) is 4.68 Å². The Morgan fingerprint density at radius 3 is 2.30 bits per heavy atom. The van der Waals surface area contributed by atoms with Crippen LogP contribution in [0.25, 0.3) is 5.69 Å². The Kier molecular flexibility index (Phi) is 7.70. The molecule has 1 aliphatic carbocycles. The second-order valence-corrected chi connectivity index (χ2v) is 8.44. The molecule has 0 aliphatic heterocycles. The monoisotopic (exact) mass is 516 g/mol. The molecule has 196 valence electrons. The summed E-state index contributed by atoms with van der Waals surface area (Å²) in [5, 5.41) is 8.96. The highest BCUT2D eigenvalue weighted by molar-refractivity contribution is 5.99. The molecule has 2 amide bonds. The molecular weight excluding hydrogens is 489 g/mol. The number of anilines is 1. The van der Waals surface area contributed by atoms with Gasteiger partial charge in [0, 0.05) is 22.9 Å². The highest BCUT2D eigenvalue weighted by Crippen LogP contribution is 2.43. The fourth-order valence-electron chi connectivity index (χ4n) is 3.76. The highest BCUT2D eigenvalue weighted by Gasteiger charge is 2.38. The summed E-state index contributed by atoms with van der Waals surface area (Å²) < 4.78 is 51.8. The van der Waals surface area contributed by atoms with Crippen LogP contribution in [-0.2, 0) is 11.0 Å². The zero-order valence-electron chi connectivity index (χ0n) is 20.4. The van der Waals surface area contributed by atoms with Gasteiger partial charge in [0.1, 0.15) is 0 Å². The van der Waals surface area contributed by atoms with E-state index in [1.807, 2.05) is 13.8 Å². The van der Waals surface area contributed by atoms with E-state index in [2.05, 4.69) is 15.7 Å². The fraction of sp³-hybridized carbons (Fsp3) is 0.346. The van der Waals surface area contributed by atoms with Gasteiger partial charge in [-0.3, -0.25) is 9.59 Å². The third-order valence-corrected chi connectivity index (χ3v) is 5.63. The molecule has 37 heavy (non-hydrogen) atoms. The van der Waals surface area contributed by atoms with Gasteiger partial charge in [0.2, 0.25) is 5.91 Å². The third-order valence-electron chi connectivity index (χ3n) is 5.63. The molecule has 1 saturated carbocycles. The van der Waals surface area contributed by atoms with Crippen molar-refractivity contribution in [3.05, 3.63) is 65.5 Å². The minimum absolute atomic E-state index is 0.0616.